The minimum absolute atomic E-state index is 0.190. The summed E-state index contributed by atoms with van der Waals surface area (Å²) in [5, 5.41) is 2.58. The lowest BCUT2D eigenvalue weighted by molar-refractivity contribution is 0.102. The van der Waals surface area contributed by atoms with Crippen molar-refractivity contribution in [2.24, 2.45) is 0 Å². The third-order valence-electron chi connectivity index (χ3n) is 3.38. The van der Waals surface area contributed by atoms with Gasteiger partial charge in [0.1, 0.15) is 5.82 Å². The van der Waals surface area contributed by atoms with Crippen LogP contribution in [0.4, 0.5) is 15.8 Å². The lowest BCUT2D eigenvalue weighted by atomic mass is 10.1. The molecule has 0 aliphatic heterocycles. The van der Waals surface area contributed by atoms with E-state index >= 15 is 0 Å². The number of nitrogens with one attached hydrogen (secondary N) is 1. The molecule has 2 rings (SSSR count). The fourth-order valence-electron chi connectivity index (χ4n) is 2.17. The fraction of sp³-hybridized carbons (Fsp3) is 0.235. The first-order valence-corrected chi connectivity index (χ1v) is 7.06. The smallest absolute Gasteiger partial charge is 0.255 e. The van der Waals surface area contributed by atoms with Crippen molar-refractivity contribution in [2.75, 3.05) is 23.3 Å². The zero-order chi connectivity index (χ0) is 15.2. The van der Waals surface area contributed by atoms with Crippen LogP contribution in [0.2, 0.25) is 0 Å². The Labute approximate surface area is 124 Å². The third kappa shape index (κ3) is 3.60. The Morgan fingerprint density at radius 3 is 2.24 bits per heavy atom. The first-order chi connectivity index (χ1) is 10.2. The average Bonchev–Trinajstić information content (AvgIpc) is 2.51. The fourth-order valence-corrected chi connectivity index (χ4v) is 2.17. The topological polar surface area (TPSA) is 32.3 Å². The van der Waals surface area contributed by atoms with E-state index in [4.69, 9.17) is 0 Å². The standard InChI is InChI=1S/C17H19FN2O/c1-3-20(4-2)14-11-9-13(10-12-14)17(21)19-16-8-6-5-7-15(16)18/h5-12H,3-4H2,1-2H3,(H,19,21). The van der Waals surface area contributed by atoms with Crippen LogP contribution < -0.4 is 10.2 Å². The molecule has 0 saturated carbocycles. The molecule has 0 atom stereocenters. The number of nitrogens with zero attached hydrogens (tertiary/aromatic N) is 1. The summed E-state index contributed by atoms with van der Waals surface area (Å²) < 4.78 is 13.5. The van der Waals surface area contributed by atoms with Crippen LogP contribution in [0.3, 0.4) is 0 Å². The lowest BCUT2D eigenvalue weighted by Gasteiger charge is -2.21. The zero-order valence-corrected chi connectivity index (χ0v) is 12.3. The number of hydrogen-bond donors (Lipinski definition) is 1. The second kappa shape index (κ2) is 6.88. The van der Waals surface area contributed by atoms with E-state index in [1.54, 1.807) is 24.3 Å². The normalized spacial score (nSPS) is 10.2. The quantitative estimate of drug-likeness (QED) is 0.903. The molecule has 3 nitrogen and oxygen atoms in total. The van der Waals surface area contributed by atoms with E-state index in [1.807, 2.05) is 12.1 Å². The molecule has 2 aromatic carbocycles. The van der Waals surface area contributed by atoms with Crippen molar-refractivity contribution < 1.29 is 9.18 Å². The highest BCUT2D eigenvalue weighted by atomic mass is 19.1. The van der Waals surface area contributed by atoms with Gasteiger partial charge in [-0.2, -0.15) is 0 Å². The largest absolute Gasteiger partial charge is 0.372 e. The molecule has 0 unspecified atom stereocenters. The van der Waals surface area contributed by atoms with E-state index in [0.717, 1.165) is 18.8 Å². The number of carbonyl (C=O) groups is 1. The average molecular weight is 286 g/mol. The van der Waals surface area contributed by atoms with Crippen molar-refractivity contribution in [1.82, 2.24) is 0 Å². The number of hydrogen-bond acceptors (Lipinski definition) is 2. The van der Waals surface area contributed by atoms with Crippen LogP contribution in [-0.4, -0.2) is 19.0 Å². The van der Waals surface area contributed by atoms with Crippen molar-refractivity contribution in [2.45, 2.75) is 13.8 Å². The number of rotatable bonds is 5. The summed E-state index contributed by atoms with van der Waals surface area (Å²) in [4.78, 5) is 14.3. The molecular formula is C17H19FN2O. The molecule has 1 N–H and O–H groups in total. The molecule has 4 heteroatoms. The minimum Gasteiger partial charge on any atom is -0.372 e. The van der Waals surface area contributed by atoms with Gasteiger partial charge >= 0.3 is 0 Å². The van der Waals surface area contributed by atoms with E-state index in [0.29, 0.717) is 5.56 Å². The van der Waals surface area contributed by atoms with Crippen LogP contribution in [0.5, 0.6) is 0 Å². The van der Waals surface area contributed by atoms with Gasteiger partial charge in [0.25, 0.3) is 5.91 Å². The zero-order valence-electron chi connectivity index (χ0n) is 12.3. The molecule has 0 saturated heterocycles. The van der Waals surface area contributed by atoms with Gasteiger partial charge in [0.2, 0.25) is 0 Å². The molecule has 0 aliphatic rings. The molecule has 0 aliphatic carbocycles. The van der Waals surface area contributed by atoms with Crippen molar-refractivity contribution in [3.63, 3.8) is 0 Å². The highest BCUT2D eigenvalue weighted by Crippen LogP contribution is 2.17. The van der Waals surface area contributed by atoms with E-state index in [2.05, 4.69) is 24.1 Å². The molecule has 0 radical (unpaired) electrons. The van der Waals surface area contributed by atoms with Crippen LogP contribution in [0.15, 0.2) is 48.5 Å². The predicted octanol–water partition coefficient (Wildman–Crippen LogP) is 3.92. The Bertz CT molecular complexity index is 606. The van der Waals surface area contributed by atoms with Gasteiger partial charge in [0, 0.05) is 24.3 Å². The molecule has 110 valence electrons. The Hall–Kier alpha value is -2.36. The number of benzene rings is 2. The summed E-state index contributed by atoms with van der Waals surface area (Å²) in [6.45, 7) is 6.00. The van der Waals surface area contributed by atoms with Crippen molar-refractivity contribution in [3.05, 3.63) is 59.9 Å². The molecule has 0 heterocycles. The Kier molecular flexibility index (Phi) is 4.93. The van der Waals surface area contributed by atoms with Crippen LogP contribution >= 0.6 is 0 Å². The predicted molar refractivity (Wildman–Crippen MR) is 84.4 cm³/mol. The first kappa shape index (κ1) is 15.0. The van der Waals surface area contributed by atoms with Gasteiger partial charge < -0.3 is 10.2 Å². The Morgan fingerprint density at radius 1 is 1.05 bits per heavy atom. The van der Waals surface area contributed by atoms with Gasteiger partial charge in [-0.05, 0) is 50.2 Å². The Morgan fingerprint density at radius 2 is 1.67 bits per heavy atom. The minimum atomic E-state index is -0.439. The second-order valence-corrected chi connectivity index (χ2v) is 4.65. The van der Waals surface area contributed by atoms with Gasteiger partial charge in [-0.25, -0.2) is 4.39 Å². The number of para-hydroxylation sites is 1. The van der Waals surface area contributed by atoms with E-state index < -0.39 is 5.82 Å². The first-order valence-electron chi connectivity index (χ1n) is 7.06. The van der Waals surface area contributed by atoms with Crippen LogP contribution in [0.25, 0.3) is 0 Å². The van der Waals surface area contributed by atoms with E-state index in [9.17, 15) is 9.18 Å². The lowest BCUT2D eigenvalue weighted by Crippen LogP contribution is -2.21. The van der Waals surface area contributed by atoms with Crippen molar-refractivity contribution in [1.29, 1.82) is 0 Å². The second-order valence-electron chi connectivity index (χ2n) is 4.65. The van der Waals surface area contributed by atoms with Gasteiger partial charge in [0.05, 0.1) is 5.69 Å². The number of anilines is 2. The summed E-state index contributed by atoms with van der Waals surface area (Å²) in [6.07, 6.45) is 0. The summed E-state index contributed by atoms with van der Waals surface area (Å²) in [6, 6.07) is 13.4. The van der Waals surface area contributed by atoms with E-state index in [1.165, 1.54) is 12.1 Å². The molecular weight excluding hydrogens is 267 g/mol. The van der Waals surface area contributed by atoms with Crippen LogP contribution in [0, 0.1) is 5.82 Å². The molecule has 21 heavy (non-hydrogen) atoms. The molecule has 1 amide bonds. The number of halogens is 1. The van der Waals surface area contributed by atoms with E-state index in [-0.39, 0.29) is 11.6 Å². The molecule has 2 aromatic rings. The van der Waals surface area contributed by atoms with Gasteiger partial charge in [-0.1, -0.05) is 12.1 Å². The SMILES string of the molecule is CCN(CC)c1ccc(C(=O)Nc2ccccc2F)cc1. The molecule has 0 spiro atoms. The molecule has 0 aromatic heterocycles. The maximum absolute atomic E-state index is 13.5. The summed E-state index contributed by atoms with van der Waals surface area (Å²) in [5.74, 6) is -0.753. The maximum atomic E-state index is 13.5. The number of carbonyl (C=O) groups excluding carboxylic acids is 1. The highest BCUT2D eigenvalue weighted by Gasteiger charge is 2.09. The highest BCUT2D eigenvalue weighted by molar-refractivity contribution is 6.04. The summed E-state index contributed by atoms with van der Waals surface area (Å²) in [7, 11) is 0. The molecule has 0 bridgehead atoms. The third-order valence-corrected chi connectivity index (χ3v) is 3.38. The van der Waals surface area contributed by atoms with Gasteiger partial charge in [0.15, 0.2) is 0 Å². The monoisotopic (exact) mass is 286 g/mol. The van der Waals surface area contributed by atoms with Crippen LogP contribution in [-0.2, 0) is 0 Å². The summed E-state index contributed by atoms with van der Waals surface area (Å²) >= 11 is 0. The Balaban J connectivity index is 2.12. The van der Waals surface area contributed by atoms with Gasteiger partial charge in [-0.15, -0.1) is 0 Å². The number of amides is 1. The maximum Gasteiger partial charge on any atom is 0.255 e. The van der Waals surface area contributed by atoms with Crippen LogP contribution in [0.1, 0.15) is 24.2 Å². The van der Waals surface area contributed by atoms with Crippen molar-refractivity contribution in [3.8, 4) is 0 Å². The summed E-state index contributed by atoms with van der Waals surface area (Å²) in [5.41, 5.74) is 1.77. The van der Waals surface area contributed by atoms with Gasteiger partial charge in [-0.3, -0.25) is 4.79 Å². The molecule has 0 fully saturated rings. The van der Waals surface area contributed by atoms with Crippen molar-refractivity contribution >= 4 is 17.3 Å².